The van der Waals surface area contributed by atoms with Crippen LogP contribution in [0.1, 0.15) is 13.3 Å². The monoisotopic (exact) mass is 344 g/mol. The Morgan fingerprint density at radius 3 is 2.65 bits per heavy atom. The fraction of sp³-hybridized carbons (Fsp3) is 0.562. The van der Waals surface area contributed by atoms with E-state index in [-0.39, 0.29) is 30.2 Å². The van der Waals surface area contributed by atoms with Crippen molar-refractivity contribution in [3.63, 3.8) is 0 Å². The number of nitrogens with zero attached hydrogens (tertiary/aromatic N) is 2. The van der Waals surface area contributed by atoms with Crippen molar-refractivity contribution in [1.82, 2.24) is 4.90 Å². The van der Waals surface area contributed by atoms with Crippen LogP contribution in [-0.4, -0.2) is 60.4 Å². The van der Waals surface area contributed by atoms with Gasteiger partial charge in [0.05, 0.1) is 24.3 Å². The molecule has 1 aliphatic rings. The van der Waals surface area contributed by atoms with E-state index in [1.807, 2.05) is 4.90 Å². The summed E-state index contributed by atoms with van der Waals surface area (Å²) in [6.07, 6.45) is 0.604. The van der Waals surface area contributed by atoms with Gasteiger partial charge in [-0.3, -0.25) is 9.69 Å². The lowest BCUT2D eigenvalue weighted by Gasteiger charge is -2.33. The van der Waals surface area contributed by atoms with Gasteiger partial charge in [0.2, 0.25) is 5.91 Å². The maximum Gasteiger partial charge on any atom is 0.244 e. The van der Waals surface area contributed by atoms with Crippen molar-refractivity contribution < 1.29 is 19.4 Å². The average molecular weight is 345 g/mol. The molecule has 5 nitrogen and oxygen atoms in total. The molecule has 7 heteroatoms. The normalized spacial score (nSPS) is 19.0. The lowest BCUT2D eigenvalue weighted by atomic mass is 9.92. The third kappa shape index (κ3) is 3.83. The number of carbonyl (C=O) groups excluding carboxylic acids is 1. The van der Waals surface area contributed by atoms with E-state index in [0.29, 0.717) is 25.2 Å². The number of likely N-dealkylation sites (N-methyl/N-ethyl adjacent to an activating group) is 1. The Kier molecular flexibility index (Phi) is 5.62. The zero-order chi connectivity index (χ0) is 17.2. The van der Waals surface area contributed by atoms with Crippen molar-refractivity contribution in [3.8, 4) is 0 Å². The predicted molar refractivity (Wildman–Crippen MR) is 87.1 cm³/mol. The average Bonchev–Trinajstić information content (AvgIpc) is 2.91. The highest BCUT2D eigenvalue weighted by atomic mass is 35.5. The molecule has 0 aliphatic carbocycles. The van der Waals surface area contributed by atoms with Gasteiger partial charge in [0, 0.05) is 24.2 Å². The van der Waals surface area contributed by atoms with Crippen LogP contribution in [0.3, 0.4) is 0 Å². The number of hydrogen-bond donors (Lipinski definition) is 2. The maximum absolute atomic E-state index is 13.6. The summed E-state index contributed by atoms with van der Waals surface area (Å²) >= 11 is 5.67. The smallest absolute Gasteiger partial charge is 0.244 e. The molecule has 0 radical (unpaired) electrons. The van der Waals surface area contributed by atoms with Crippen LogP contribution >= 0.6 is 11.6 Å². The lowest BCUT2D eigenvalue weighted by Crippen LogP contribution is -2.46. The summed E-state index contributed by atoms with van der Waals surface area (Å²) in [6.45, 7) is 2.31. The minimum Gasteiger partial charge on any atom is -0.396 e. The number of amides is 1. The van der Waals surface area contributed by atoms with Gasteiger partial charge in [-0.2, -0.15) is 0 Å². The molecule has 1 aliphatic heterocycles. The Hall–Kier alpha value is -1.21. The van der Waals surface area contributed by atoms with Gasteiger partial charge in [0.25, 0.3) is 0 Å². The van der Waals surface area contributed by atoms with E-state index in [0.717, 1.165) is 0 Å². The molecule has 1 aromatic carbocycles. The molecular formula is C16H22ClFN2O3. The van der Waals surface area contributed by atoms with E-state index in [4.69, 9.17) is 11.6 Å². The minimum absolute atomic E-state index is 0.0238. The number of anilines is 1. The second-order valence-electron chi connectivity index (χ2n) is 6.43. The van der Waals surface area contributed by atoms with Gasteiger partial charge in [-0.1, -0.05) is 18.5 Å². The molecule has 1 amide bonds. The summed E-state index contributed by atoms with van der Waals surface area (Å²) < 4.78 is 13.6. The molecule has 1 saturated heterocycles. The number of carbonyl (C=O) groups is 1. The highest BCUT2D eigenvalue weighted by molar-refractivity contribution is 6.30. The predicted octanol–water partition coefficient (Wildman–Crippen LogP) is 1.51. The van der Waals surface area contributed by atoms with E-state index in [9.17, 15) is 19.4 Å². The highest BCUT2D eigenvalue weighted by Gasteiger charge is 2.37. The largest absolute Gasteiger partial charge is 0.396 e. The zero-order valence-corrected chi connectivity index (χ0v) is 14.1. The Balaban J connectivity index is 2.10. The van der Waals surface area contributed by atoms with E-state index in [1.54, 1.807) is 20.0 Å². The molecule has 1 unspecified atom stereocenters. The maximum atomic E-state index is 13.6. The third-order valence-electron chi connectivity index (χ3n) is 4.32. The first kappa shape index (κ1) is 18.1. The van der Waals surface area contributed by atoms with Crippen LogP contribution in [0.15, 0.2) is 18.2 Å². The first-order chi connectivity index (χ1) is 10.8. The summed E-state index contributed by atoms with van der Waals surface area (Å²) in [4.78, 5) is 16.0. The van der Waals surface area contributed by atoms with E-state index < -0.39 is 11.2 Å². The SMILES string of the molecule is CN(CC(C)(CO)CO)C1CCN(c2ccc(Cl)c(F)c2)C1=O. The van der Waals surface area contributed by atoms with Crippen molar-refractivity contribution in [2.75, 3.05) is 38.3 Å². The molecule has 0 saturated carbocycles. The minimum atomic E-state index is -0.672. The van der Waals surface area contributed by atoms with E-state index in [2.05, 4.69) is 0 Å². The molecule has 0 spiro atoms. The van der Waals surface area contributed by atoms with E-state index in [1.165, 1.54) is 17.0 Å². The Labute approximate surface area is 140 Å². The van der Waals surface area contributed by atoms with E-state index >= 15 is 0 Å². The van der Waals surface area contributed by atoms with Gasteiger partial charge in [0.1, 0.15) is 5.82 Å². The van der Waals surface area contributed by atoms with Crippen LogP contribution in [0, 0.1) is 11.2 Å². The second kappa shape index (κ2) is 7.13. The van der Waals surface area contributed by atoms with Crippen LogP contribution in [0.5, 0.6) is 0 Å². The van der Waals surface area contributed by atoms with Crippen LogP contribution in [0.4, 0.5) is 10.1 Å². The number of halogens is 2. The molecule has 1 aromatic rings. The van der Waals surface area contributed by atoms with Gasteiger partial charge in [0.15, 0.2) is 0 Å². The fourth-order valence-corrected chi connectivity index (χ4v) is 2.96. The molecule has 2 N–H and O–H groups in total. The van der Waals surface area contributed by atoms with Crippen molar-refractivity contribution >= 4 is 23.2 Å². The van der Waals surface area contributed by atoms with Crippen LogP contribution in [0.2, 0.25) is 5.02 Å². The Bertz CT molecular complexity index is 580. The Morgan fingerprint density at radius 2 is 2.09 bits per heavy atom. The second-order valence-corrected chi connectivity index (χ2v) is 6.84. The first-order valence-corrected chi connectivity index (χ1v) is 7.87. The number of aliphatic hydroxyl groups is 2. The lowest BCUT2D eigenvalue weighted by molar-refractivity contribution is -0.122. The first-order valence-electron chi connectivity index (χ1n) is 7.50. The Morgan fingerprint density at radius 1 is 1.43 bits per heavy atom. The van der Waals surface area contributed by atoms with Crippen LogP contribution in [-0.2, 0) is 4.79 Å². The molecule has 1 heterocycles. The number of hydrogen-bond acceptors (Lipinski definition) is 4. The number of rotatable bonds is 6. The molecule has 23 heavy (non-hydrogen) atoms. The van der Waals surface area contributed by atoms with Crippen LogP contribution < -0.4 is 4.90 Å². The van der Waals surface area contributed by atoms with Gasteiger partial charge in [-0.15, -0.1) is 0 Å². The van der Waals surface area contributed by atoms with Crippen LogP contribution in [0.25, 0.3) is 0 Å². The summed E-state index contributed by atoms with van der Waals surface area (Å²) in [6, 6.07) is 3.96. The van der Waals surface area contributed by atoms with Gasteiger partial charge in [-0.25, -0.2) is 4.39 Å². The third-order valence-corrected chi connectivity index (χ3v) is 4.63. The van der Waals surface area contributed by atoms with Gasteiger partial charge >= 0.3 is 0 Å². The molecule has 1 fully saturated rings. The summed E-state index contributed by atoms with van der Waals surface area (Å²) in [5, 5.41) is 18.8. The number of aliphatic hydroxyl groups excluding tert-OH is 2. The quantitative estimate of drug-likeness (QED) is 0.821. The van der Waals surface area contributed by atoms with Crippen molar-refractivity contribution in [2.45, 2.75) is 19.4 Å². The standard InChI is InChI=1S/C16H22ClFN2O3/c1-16(9-21,10-22)8-19(2)14-5-6-20(15(14)23)11-3-4-12(17)13(18)7-11/h3-4,7,14,21-22H,5-6,8-10H2,1-2H3. The molecule has 128 valence electrons. The summed E-state index contributed by atoms with van der Waals surface area (Å²) in [5.41, 5.74) is -0.186. The molecular weight excluding hydrogens is 323 g/mol. The summed E-state index contributed by atoms with van der Waals surface area (Å²) in [7, 11) is 1.79. The molecule has 0 aromatic heterocycles. The molecule has 2 rings (SSSR count). The van der Waals surface area contributed by atoms with Gasteiger partial charge < -0.3 is 15.1 Å². The summed E-state index contributed by atoms with van der Waals surface area (Å²) in [5.74, 6) is -0.672. The zero-order valence-electron chi connectivity index (χ0n) is 13.3. The van der Waals surface area contributed by atoms with Gasteiger partial charge in [-0.05, 0) is 31.7 Å². The van der Waals surface area contributed by atoms with Crippen molar-refractivity contribution in [2.24, 2.45) is 5.41 Å². The highest BCUT2D eigenvalue weighted by Crippen LogP contribution is 2.28. The topological polar surface area (TPSA) is 64.0 Å². The fourth-order valence-electron chi connectivity index (χ4n) is 2.85. The van der Waals surface area contributed by atoms with Crippen molar-refractivity contribution in [3.05, 3.63) is 29.0 Å². The number of benzene rings is 1. The molecule has 1 atom stereocenters. The van der Waals surface area contributed by atoms with Crippen molar-refractivity contribution in [1.29, 1.82) is 0 Å². The molecule has 0 bridgehead atoms.